The molecule has 16 nitrogen and oxygen atoms in total. The standard InChI is InChI=1S/C43H50F2N12O4/c1-51-38-29(7-5-9-34(38)57(43(51)61)35-14-15-36(58)49-42(35)60)8-6-16-52-19-21-53(22-20-52)25-28-10-12-30(13-11-28)55-27-33(37(50-55)39(44)45)48-41(59)32-24-47-56-26-31(23-46-40(32)56)54-17-3-2-4-18-54/h5,7,9,23-24,26-28,30,35,39H,2-4,10-22,25H2,1H3,(H,48,59)(H,49,58,60)/t28-,30-,35?. The zero-order chi connectivity index (χ0) is 42.2. The molecule has 9 rings (SSSR count). The lowest BCUT2D eigenvalue weighted by atomic mass is 9.85. The zero-order valence-electron chi connectivity index (χ0n) is 34.2. The fraction of sp³-hybridized carbons (Fsp3) is 0.512. The first-order chi connectivity index (χ1) is 29.6. The summed E-state index contributed by atoms with van der Waals surface area (Å²) >= 11 is 0. The summed E-state index contributed by atoms with van der Waals surface area (Å²) in [7, 11) is 1.68. The fourth-order valence-electron chi connectivity index (χ4n) is 9.48. The summed E-state index contributed by atoms with van der Waals surface area (Å²) in [6.45, 7) is 7.04. The number of alkyl halides is 2. The third-order valence-electron chi connectivity index (χ3n) is 12.8. The molecule has 4 fully saturated rings. The highest BCUT2D eigenvalue weighted by Gasteiger charge is 2.32. The molecule has 3 aliphatic heterocycles. The van der Waals surface area contributed by atoms with Crippen LogP contribution in [0.5, 0.6) is 0 Å². The monoisotopic (exact) mass is 836 g/mol. The maximum Gasteiger partial charge on any atom is 0.329 e. The smallest absolute Gasteiger partial charge is 0.329 e. The van der Waals surface area contributed by atoms with Crippen molar-refractivity contribution in [3.8, 4) is 11.8 Å². The second-order valence-electron chi connectivity index (χ2n) is 16.8. The first-order valence-electron chi connectivity index (χ1n) is 21.4. The van der Waals surface area contributed by atoms with Gasteiger partial charge in [0, 0.05) is 65.5 Å². The molecule has 0 radical (unpaired) electrons. The van der Waals surface area contributed by atoms with Gasteiger partial charge in [0.05, 0.1) is 59.1 Å². The Bertz CT molecular complexity index is 2580. The van der Waals surface area contributed by atoms with Gasteiger partial charge < -0.3 is 15.1 Å². The van der Waals surface area contributed by atoms with Crippen LogP contribution < -0.4 is 21.2 Å². The molecule has 1 aromatic carbocycles. The number of hydrogen-bond donors (Lipinski definition) is 2. The molecule has 3 saturated heterocycles. The number of imidazole rings is 1. The van der Waals surface area contributed by atoms with Crippen LogP contribution in [-0.4, -0.2) is 113 Å². The van der Waals surface area contributed by atoms with Crippen LogP contribution in [0.4, 0.5) is 20.2 Å². The molecule has 3 amide bonds. The summed E-state index contributed by atoms with van der Waals surface area (Å²) in [5.74, 6) is 5.71. The van der Waals surface area contributed by atoms with E-state index in [1.165, 1.54) is 21.8 Å². The van der Waals surface area contributed by atoms with Crippen LogP contribution in [0.2, 0.25) is 0 Å². The van der Waals surface area contributed by atoms with E-state index >= 15 is 0 Å². The Balaban J connectivity index is 0.762. The lowest BCUT2D eigenvalue weighted by Crippen LogP contribution is -2.48. The molecule has 1 unspecified atom stereocenters. The highest BCUT2D eigenvalue weighted by atomic mass is 19.3. The highest BCUT2D eigenvalue weighted by Crippen LogP contribution is 2.36. The number of nitrogens with one attached hydrogen (secondary N) is 2. The second-order valence-corrected chi connectivity index (χ2v) is 16.8. The van der Waals surface area contributed by atoms with Crippen molar-refractivity contribution >= 4 is 45.8 Å². The van der Waals surface area contributed by atoms with E-state index < -0.39 is 30.0 Å². The topological polar surface area (TPSA) is 160 Å². The molecule has 320 valence electrons. The quantitative estimate of drug-likeness (QED) is 0.163. The number of fused-ring (bicyclic) bond motifs is 2. The van der Waals surface area contributed by atoms with Crippen molar-refractivity contribution in [3.63, 3.8) is 0 Å². The van der Waals surface area contributed by atoms with Gasteiger partial charge in [0.1, 0.15) is 11.6 Å². The van der Waals surface area contributed by atoms with E-state index in [1.54, 1.807) is 28.6 Å². The average Bonchev–Trinajstić information content (AvgIpc) is 3.96. The summed E-state index contributed by atoms with van der Waals surface area (Å²) < 4.78 is 34.6. The normalized spacial score (nSPS) is 21.8. The molecule has 2 N–H and O–H groups in total. The number of nitrogens with zero attached hydrogens (tertiary/aromatic N) is 10. The minimum atomic E-state index is -2.85. The van der Waals surface area contributed by atoms with E-state index in [1.807, 2.05) is 24.4 Å². The van der Waals surface area contributed by atoms with Gasteiger partial charge in [-0.1, -0.05) is 17.9 Å². The van der Waals surface area contributed by atoms with Gasteiger partial charge in [-0.15, -0.1) is 0 Å². The van der Waals surface area contributed by atoms with Crippen molar-refractivity contribution in [1.29, 1.82) is 0 Å². The van der Waals surface area contributed by atoms with Crippen molar-refractivity contribution in [3.05, 3.63) is 70.3 Å². The number of para-hydroxylation sites is 1. The largest absolute Gasteiger partial charge is 0.369 e. The first kappa shape index (κ1) is 40.5. The maximum absolute atomic E-state index is 14.2. The number of halogens is 2. The van der Waals surface area contributed by atoms with E-state index in [0.717, 1.165) is 90.0 Å². The minimum Gasteiger partial charge on any atom is -0.369 e. The number of piperidine rings is 2. The Hall–Kier alpha value is -5.93. The number of rotatable bonds is 9. The fourth-order valence-corrected chi connectivity index (χ4v) is 9.48. The minimum absolute atomic E-state index is 0.000473. The number of carbonyl (C=O) groups is 3. The highest BCUT2D eigenvalue weighted by molar-refractivity contribution is 6.08. The molecular weight excluding hydrogens is 787 g/mol. The van der Waals surface area contributed by atoms with E-state index in [4.69, 9.17) is 0 Å². The van der Waals surface area contributed by atoms with Gasteiger partial charge in [-0.3, -0.25) is 38.4 Å². The SMILES string of the molecule is Cn1c(=O)n(C2CCC(=O)NC2=O)c2cccc(C#CCN3CCN(C[C@H]4CC[C@H](n5cc(NC(=O)c6cnn7cc(N8CCCCC8)cnc67)c(C(F)F)n5)CC4)CC3)c21. The molecule has 5 aromatic rings. The predicted molar refractivity (Wildman–Crippen MR) is 224 cm³/mol. The molecule has 1 saturated carbocycles. The molecular formula is C43H50F2N12O4. The number of piperazine rings is 1. The number of aromatic nitrogens is 7. The molecule has 61 heavy (non-hydrogen) atoms. The molecule has 0 spiro atoms. The Labute approximate surface area is 350 Å². The number of benzene rings is 1. The van der Waals surface area contributed by atoms with Crippen LogP contribution >= 0.6 is 0 Å². The van der Waals surface area contributed by atoms with Gasteiger partial charge in [0.25, 0.3) is 12.3 Å². The maximum atomic E-state index is 14.2. The van der Waals surface area contributed by atoms with Crippen molar-refractivity contribution in [2.45, 2.75) is 76.3 Å². The van der Waals surface area contributed by atoms with E-state index in [0.29, 0.717) is 34.7 Å². The van der Waals surface area contributed by atoms with Crippen LogP contribution in [0.15, 0.2) is 47.8 Å². The van der Waals surface area contributed by atoms with Crippen LogP contribution in [-0.2, 0) is 16.6 Å². The van der Waals surface area contributed by atoms with Crippen molar-refractivity contribution in [2.75, 3.05) is 62.6 Å². The van der Waals surface area contributed by atoms with Gasteiger partial charge in [-0.2, -0.15) is 10.2 Å². The molecule has 1 atom stereocenters. The summed E-state index contributed by atoms with van der Waals surface area (Å²) in [6, 6.07) is 4.74. The molecule has 4 aromatic heterocycles. The Kier molecular flexibility index (Phi) is 11.4. The van der Waals surface area contributed by atoms with Gasteiger partial charge in [0.15, 0.2) is 11.3 Å². The van der Waals surface area contributed by atoms with Gasteiger partial charge in [-0.05, 0) is 69.4 Å². The van der Waals surface area contributed by atoms with Gasteiger partial charge in [-0.25, -0.2) is 23.1 Å². The van der Waals surface area contributed by atoms with Crippen LogP contribution in [0, 0.1) is 17.8 Å². The zero-order valence-corrected chi connectivity index (χ0v) is 34.2. The van der Waals surface area contributed by atoms with Crippen molar-refractivity contribution < 1.29 is 23.2 Å². The number of amides is 3. The number of aryl methyl sites for hydroxylation is 1. The third-order valence-corrected chi connectivity index (χ3v) is 12.8. The Morgan fingerprint density at radius 1 is 0.951 bits per heavy atom. The predicted octanol–water partition coefficient (Wildman–Crippen LogP) is 4.14. The summed E-state index contributed by atoms with van der Waals surface area (Å²) in [5.41, 5.74) is 2.73. The molecule has 1 aliphatic carbocycles. The van der Waals surface area contributed by atoms with Crippen LogP contribution in [0.3, 0.4) is 0 Å². The van der Waals surface area contributed by atoms with Crippen LogP contribution in [0.1, 0.15) is 97.9 Å². The Morgan fingerprint density at radius 2 is 1.72 bits per heavy atom. The molecule has 0 bridgehead atoms. The summed E-state index contributed by atoms with van der Waals surface area (Å²) in [6.07, 6.45) is 11.1. The number of carbonyl (C=O) groups excluding carboxylic acids is 3. The average molecular weight is 837 g/mol. The van der Waals surface area contributed by atoms with Crippen LogP contribution in [0.25, 0.3) is 16.7 Å². The first-order valence-corrected chi connectivity index (χ1v) is 21.4. The third kappa shape index (κ3) is 8.28. The van der Waals surface area contributed by atoms with Crippen molar-refractivity contribution in [1.82, 2.24) is 48.6 Å². The molecule has 18 heteroatoms. The lowest BCUT2D eigenvalue weighted by Gasteiger charge is -2.37. The van der Waals surface area contributed by atoms with Gasteiger partial charge in [0.2, 0.25) is 11.8 Å². The number of anilines is 2. The molecule has 4 aliphatic rings. The second kappa shape index (κ2) is 17.2. The van der Waals surface area contributed by atoms with Crippen molar-refractivity contribution in [2.24, 2.45) is 13.0 Å². The van der Waals surface area contributed by atoms with E-state index in [-0.39, 0.29) is 41.7 Å². The molecule has 7 heterocycles. The number of hydrogen-bond acceptors (Lipinski definition) is 10. The number of imide groups is 1. The van der Waals surface area contributed by atoms with Gasteiger partial charge >= 0.3 is 5.69 Å². The summed E-state index contributed by atoms with van der Waals surface area (Å²) in [5, 5.41) is 13.6. The Morgan fingerprint density at radius 3 is 2.48 bits per heavy atom. The van der Waals surface area contributed by atoms with E-state index in [9.17, 15) is 28.0 Å². The van der Waals surface area contributed by atoms with E-state index in [2.05, 4.69) is 52.4 Å². The summed E-state index contributed by atoms with van der Waals surface area (Å²) in [4.78, 5) is 62.6. The lowest BCUT2D eigenvalue weighted by molar-refractivity contribution is -0.135.